The molecular weight excluding hydrogens is 312 g/mol. The average molecular weight is 329 g/mol. The number of hydrogen-bond donors (Lipinski definition) is 1. The molecule has 0 atom stereocenters. The topological polar surface area (TPSA) is 59.8 Å². The van der Waals surface area contributed by atoms with Crippen molar-refractivity contribution < 1.29 is 4.79 Å². The monoisotopic (exact) mass is 328 g/mol. The van der Waals surface area contributed by atoms with Gasteiger partial charge in [-0.2, -0.15) is 5.10 Å². The highest BCUT2D eigenvalue weighted by molar-refractivity contribution is 6.33. The van der Waals surface area contributed by atoms with Crippen LogP contribution in [0.15, 0.2) is 24.3 Å². The minimum Gasteiger partial charge on any atom is -0.304 e. The summed E-state index contributed by atoms with van der Waals surface area (Å²) < 4.78 is 1.65. The summed E-state index contributed by atoms with van der Waals surface area (Å²) in [6, 6.07) is 7.41. The van der Waals surface area contributed by atoms with Crippen LogP contribution in [0, 0.1) is 20.8 Å². The highest BCUT2D eigenvalue weighted by Crippen LogP contribution is 2.31. The lowest BCUT2D eigenvalue weighted by Crippen LogP contribution is -2.13. The van der Waals surface area contributed by atoms with Crippen LogP contribution in [-0.2, 0) is 7.05 Å². The van der Waals surface area contributed by atoms with Gasteiger partial charge in [-0.1, -0.05) is 29.3 Å². The maximum atomic E-state index is 12.5. The largest absolute Gasteiger partial charge is 0.304 e. The van der Waals surface area contributed by atoms with Gasteiger partial charge >= 0.3 is 0 Å². The van der Waals surface area contributed by atoms with Crippen LogP contribution in [-0.4, -0.2) is 20.7 Å². The number of carbonyl (C=O) groups excluding carboxylic acids is 1. The summed E-state index contributed by atoms with van der Waals surface area (Å²) in [5.74, 6) is 0.269. The van der Waals surface area contributed by atoms with Crippen LogP contribution in [0.1, 0.15) is 27.2 Å². The third kappa shape index (κ3) is 2.68. The van der Waals surface area contributed by atoms with Crippen molar-refractivity contribution in [2.24, 2.45) is 7.05 Å². The Kier molecular flexibility index (Phi) is 3.82. The van der Waals surface area contributed by atoms with E-state index in [1.165, 1.54) is 0 Å². The van der Waals surface area contributed by atoms with Crippen molar-refractivity contribution in [3.05, 3.63) is 51.7 Å². The van der Waals surface area contributed by atoms with Crippen LogP contribution in [0.3, 0.4) is 0 Å². The molecular formula is C17H17ClN4O. The number of rotatable bonds is 2. The van der Waals surface area contributed by atoms with E-state index in [1.807, 2.05) is 39.0 Å². The van der Waals surface area contributed by atoms with E-state index in [2.05, 4.69) is 15.4 Å². The minimum absolute atomic E-state index is 0.204. The van der Waals surface area contributed by atoms with Crippen LogP contribution >= 0.6 is 11.6 Å². The summed E-state index contributed by atoms with van der Waals surface area (Å²) in [6.45, 7) is 5.71. The molecule has 1 amide bonds. The normalized spacial score (nSPS) is 11.0. The van der Waals surface area contributed by atoms with Gasteiger partial charge in [-0.15, -0.1) is 0 Å². The molecule has 0 spiro atoms. The fourth-order valence-corrected chi connectivity index (χ4v) is 2.77. The third-order valence-corrected chi connectivity index (χ3v) is 4.38. The zero-order valence-electron chi connectivity index (χ0n) is 13.4. The Morgan fingerprint density at radius 1 is 1.26 bits per heavy atom. The first-order valence-corrected chi connectivity index (χ1v) is 7.63. The number of nitrogens with one attached hydrogen (secondary N) is 1. The number of aryl methyl sites for hydroxylation is 4. The third-order valence-electron chi connectivity index (χ3n) is 3.82. The molecule has 2 heterocycles. The summed E-state index contributed by atoms with van der Waals surface area (Å²) >= 11 is 6.30. The number of pyridine rings is 1. The SMILES string of the molecule is Cc1cccc(C(=O)Nc2nn(C)c3nc(C)c(Cl)c(C)c23)c1. The molecule has 6 heteroatoms. The molecule has 0 aliphatic carbocycles. The first kappa shape index (κ1) is 15.5. The van der Waals surface area contributed by atoms with Crippen LogP contribution in [0.5, 0.6) is 0 Å². The van der Waals surface area contributed by atoms with Crippen molar-refractivity contribution in [2.75, 3.05) is 5.32 Å². The average Bonchev–Trinajstić information content (AvgIpc) is 2.81. The van der Waals surface area contributed by atoms with Gasteiger partial charge in [-0.25, -0.2) is 9.67 Å². The summed E-state index contributed by atoms with van der Waals surface area (Å²) in [5.41, 5.74) is 3.93. The van der Waals surface area contributed by atoms with Gasteiger partial charge in [0, 0.05) is 12.6 Å². The molecule has 0 fully saturated rings. The van der Waals surface area contributed by atoms with E-state index in [4.69, 9.17) is 11.6 Å². The van der Waals surface area contributed by atoms with E-state index in [1.54, 1.807) is 17.8 Å². The Bertz CT molecular complexity index is 930. The fourth-order valence-electron chi connectivity index (χ4n) is 2.63. The maximum absolute atomic E-state index is 12.5. The first-order chi connectivity index (χ1) is 10.9. The van der Waals surface area contributed by atoms with Crippen molar-refractivity contribution in [2.45, 2.75) is 20.8 Å². The summed E-state index contributed by atoms with van der Waals surface area (Å²) in [6.07, 6.45) is 0. The fraction of sp³-hybridized carbons (Fsp3) is 0.235. The smallest absolute Gasteiger partial charge is 0.256 e. The number of anilines is 1. The highest BCUT2D eigenvalue weighted by Gasteiger charge is 2.18. The Hall–Kier alpha value is -2.40. The zero-order chi connectivity index (χ0) is 16.7. The number of carbonyl (C=O) groups is 1. The van der Waals surface area contributed by atoms with Gasteiger partial charge in [0.1, 0.15) is 0 Å². The molecule has 0 radical (unpaired) electrons. The molecule has 0 bridgehead atoms. The number of nitrogens with zero attached hydrogens (tertiary/aromatic N) is 3. The summed E-state index contributed by atoms with van der Waals surface area (Å²) in [4.78, 5) is 16.9. The molecule has 3 aromatic rings. The molecule has 1 N–H and O–H groups in total. The van der Waals surface area contributed by atoms with Crippen molar-refractivity contribution in [3.63, 3.8) is 0 Å². The molecule has 0 saturated carbocycles. The van der Waals surface area contributed by atoms with E-state index in [-0.39, 0.29) is 5.91 Å². The van der Waals surface area contributed by atoms with Gasteiger partial charge in [0.2, 0.25) is 0 Å². The lowest BCUT2D eigenvalue weighted by atomic mass is 10.1. The molecule has 0 saturated heterocycles. The van der Waals surface area contributed by atoms with Gasteiger partial charge in [0.25, 0.3) is 5.91 Å². The van der Waals surface area contributed by atoms with E-state index < -0.39 is 0 Å². The Balaban J connectivity index is 2.07. The Morgan fingerprint density at radius 3 is 2.70 bits per heavy atom. The Morgan fingerprint density at radius 2 is 2.00 bits per heavy atom. The Labute approximate surface area is 139 Å². The number of hydrogen-bond acceptors (Lipinski definition) is 3. The predicted molar refractivity (Wildman–Crippen MR) is 92.1 cm³/mol. The number of fused-ring (bicyclic) bond motifs is 1. The van der Waals surface area contributed by atoms with Crippen LogP contribution < -0.4 is 5.32 Å². The molecule has 5 nitrogen and oxygen atoms in total. The lowest BCUT2D eigenvalue weighted by Gasteiger charge is -2.06. The molecule has 0 aliphatic heterocycles. The van der Waals surface area contributed by atoms with Crippen molar-refractivity contribution in [1.29, 1.82) is 0 Å². The van der Waals surface area contributed by atoms with Crippen molar-refractivity contribution in [1.82, 2.24) is 14.8 Å². The standard InChI is InChI=1S/C17H17ClN4O/c1-9-6-5-7-12(8-9)17(23)20-15-13-10(2)14(18)11(3)19-16(13)22(4)21-15/h5-8H,1-4H3,(H,20,21,23). The first-order valence-electron chi connectivity index (χ1n) is 7.26. The highest BCUT2D eigenvalue weighted by atomic mass is 35.5. The number of halogens is 1. The van der Waals surface area contributed by atoms with Crippen molar-refractivity contribution >= 4 is 34.4 Å². The second-order valence-electron chi connectivity index (χ2n) is 5.63. The molecule has 2 aromatic heterocycles. The molecule has 0 aliphatic rings. The van der Waals surface area contributed by atoms with Gasteiger partial charge in [0.05, 0.1) is 16.1 Å². The second-order valence-corrected chi connectivity index (χ2v) is 6.01. The van der Waals surface area contributed by atoms with Gasteiger partial charge in [0.15, 0.2) is 11.5 Å². The number of benzene rings is 1. The quantitative estimate of drug-likeness (QED) is 0.778. The van der Waals surface area contributed by atoms with E-state index in [0.29, 0.717) is 22.1 Å². The van der Waals surface area contributed by atoms with Crippen molar-refractivity contribution in [3.8, 4) is 0 Å². The molecule has 1 aromatic carbocycles. The van der Waals surface area contributed by atoms with E-state index in [9.17, 15) is 4.79 Å². The van der Waals surface area contributed by atoms with Crippen LogP contribution in [0.2, 0.25) is 5.02 Å². The van der Waals surface area contributed by atoms with Crippen LogP contribution in [0.4, 0.5) is 5.82 Å². The number of amides is 1. The zero-order valence-corrected chi connectivity index (χ0v) is 14.2. The van der Waals surface area contributed by atoms with Crippen LogP contribution in [0.25, 0.3) is 11.0 Å². The molecule has 3 rings (SSSR count). The van der Waals surface area contributed by atoms with Gasteiger partial charge in [-0.3, -0.25) is 4.79 Å². The predicted octanol–water partition coefficient (Wildman–Crippen LogP) is 3.80. The van der Waals surface area contributed by atoms with Gasteiger partial charge < -0.3 is 5.32 Å². The van der Waals surface area contributed by atoms with Gasteiger partial charge in [-0.05, 0) is 38.5 Å². The summed E-state index contributed by atoms with van der Waals surface area (Å²) in [5, 5.41) is 8.61. The molecule has 23 heavy (non-hydrogen) atoms. The second kappa shape index (κ2) is 5.66. The lowest BCUT2D eigenvalue weighted by molar-refractivity contribution is 0.102. The number of aromatic nitrogens is 3. The molecule has 118 valence electrons. The van der Waals surface area contributed by atoms with E-state index >= 15 is 0 Å². The summed E-state index contributed by atoms with van der Waals surface area (Å²) in [7, 11) is 1.80. The molecule has 0 unspecified atom stereocenters. The maximum Gasteiger partial charge on any atom is 0.256 e. The van der Waals surface area contributed by atoms with E-state index in [0.717, 1.165) is 22.2 Å². The minimum atomic E-state index is -0.204.